The average molecular weight is 374 g/mol. The Balaban J connectivity index is 1.60. The van der Waals surface area contributed by atoms with Gasteiger partial charge in [-0.2, -0.15) is 0 Å². The van der Waals surface area contributed by atoms with Crippen molar-refractivity contribution < 1.29 is 17.9 Å². The first-order chi connectivity index (χ1) is 12.4. The van der Waals surface area contributed by atoms with Gasteiger partial charge in [0.15, 0.2) is 6.61 Å². The fourth-order valence-corrected chi connectivity index (χ4v) is 4.57. The lowest BCUT2D eigenvalue weighted by atomic mass is 10.1. The lowest BCUT2D eigenvalue weighted by Crippen LogP contribution is -2.25. The summed E-state index contributed by atoms with van der Waals surface area (Å²) in [5.41, 5.74) is 3.18. The molecule has 0 bridgehead atoms. The van der Waals surface area contributed by atoms with E-state index in [0.29, 0.717) is 24.3 Å². The van der Waals surface area contributed by atoms with Gasteiger partial charge in [0.05, 0.1) is 11.4 Å². The predicted molar refractivity (Wildman–Crippen MR) is 102 cm³/mol. The number of amides is 1. The molecular weight excluding hydrogens is 352 g/mol. The van der Waals surface area contributed by atoms with E-state index in [1.54, 1.807) is 24.3 Å². The summed E-state index contributed by atoms with van der Waals surface area (Å²) in [4.78, 5) is 12.1. The van der Waals surface area contributed by atoms with E-state index in [0.717, 1.165) is 16.9 Å². The summed E-state index contributed by atoms with van der Waals surface area (Å²) < 4.78 is 30.9. The summed E-state index contributed by atoms with van der Waals surface area (Å²) in [5.74, 6) is 0.632. The van der Waals surface area contributed by atoms with Gasteiger partial charge in [-0.25, -0.2) is 8.42 Å². The van der Waals surface area contributed by atoms with Gasteiger partial charge >= 0.3 is 0 Å². The van der Waals surface area contributed by atoms with E-state index in [1.807, 2.05) is 32.0 Å². The van der Waals surface area contributed by atoms with Crippen molar-refractivity contribution >= 4 is 27.3 Å². The van der Waals surface area contributed by atoms with E-state index in [9.17, 15) is 13.2 Å². The summed E-state index contributed by atoms with van der Waals surface area (Å²) >= 11 is 0. The number of benzene rings is 2. The standard InChI is InChI=1S/C19H22N2O4S/c1-14-5-3-6-15(2)19(14)25-13-18(22)20-16-7-9-17(10-8-16)21-11-4-12-26(21,23)24/h3,5-10H,4,11-13H2,1-2H3,(H,20,22). The quantitative estimate of drug-likeness (QED) is 0.873. The Hall–Kier alpha value is -2.54. The number of nitrogens with one attached hydrogen (secondary N) is 1. The van der Waals surface area contributed by atoms with Crippen LogP contribution >= 0.6 is 0 Å². The van der Waals surface area contributed by atoms with Crippen LogP contribution in [0, 0.1) is 13.8 Å². The highest BCUT2D eigenvalue weighted by Crippen LogP contribution is 2.25. The smallest absolute Gasteiger partial charge is 0.262 e. The third-order valence-corrected chi connectivity index (χ3v) is 6.16. The van der Waals surface area contributed by atoms with E-state index in [-0.39, 0.29) is 18.3 Å². The fourth-order valence-electron chi connectivity index (χ4n) is 3.00. The van der Waals surface area contributed by atoms with Gasteiger partial charge in [-0.05, 0) is 55.7 Å². The number of para-hydroxylation sites is 1. The summed E-state index contributed by atoms with van der Waals surface area (Å²) in [5, 5.41) is 2.76. The van der Waals surface area contributed by atoms with Crippen LogP contribution in [0.4, 0.5) is 11.4 Å². The summed E-state index contributed by atoms with van der Waals surface area (Å²) in [6.45, 7) is 4.28. The van der Waals surface area contributed by atoms with E-state index in [2.05, 4.69) is 5.32 Å². The molecule has 3 rings (SSSR count). The molecule has 7 heteroatoms. The number of nitrogens with zero attached hydrogens (tertiary/aromatic N) is 1. The van der Waals surface area contributed by atoms with Gasteiger partial charge in [-0.15, -0.1) is 0 Å². The van der Waals surface area contributed by atoms with Crippen LogP contribution in [-0.2, 0) is 14.8 Å². The number of rotatable bonds is 5. The molecule has 138 valence electrons. The molecule has 0 radical (unpaired) electrons. The van der Waals surface area contributed by atoms with Crippen molar-refractivity contribution in [3.63, 3.8) is 0 Å². The van der Waals surface area contributed by atoms with Gasteiger partial charge in [0.25, 0.3) is 5.91 Å². The van der Waals surface area contributed by atoms with Gasteiger partial charge in [-0.3, -0.25) is 9.10 Å². The molecule has 1 fully saturated rings. The van der Waals surface area contributed by atoms with Crippen molar-refractivity contribution in [2.75, 3.05) is 28.5 Å². The Kier molecular flexibility index (Phi) is 5.18. The number of aryl methyl sites for hydroxylation is 2. The fraction of sp³-hybridized carbons (Fsp3) is 0.316. The molecule has 1 N–H and O–H groups in total. The minimum Gasteiger partial charge on any atom is -0.483 e. The Labute approximate surface area is 153 Å². The number of carbonyl (C=O) groups excluding carboxylic acids is 1. The van der Waals surface area contributed by atoms with E-state index < -0.39 is 10.0 Å². The minimum absolute atomic E-state index is 0.0893. The molecule has 1 heterocycles. The van der Waals surface area contributed by atoms with Crippen molar-refractivity contribution in [2.24, 2.45) is 0 Å². The maximum Gasteiger partial charge on any atom is 0.262 e. The lowest BCUT2D eigenvalue weighted by molar-refractivity contribution is -0.118. The van der Waals surface area contributed by atoms with Gasteiger partial charge in [0.1, 0.15) is 5.75 Å². The second-order valence-corrected chi connectivity index (χ2v) is 8.36. The van der Waals surface area contributed by atoms with Crippen LogP contribution in [0.15, 0.2) is 42.5 Å². The Morgan fingerprint density at radius 2 is 1.77 bits per heavy atom. The zero-order chi connectivity index (χ0) is 18.7. The van der Waals surface area contributed by atoms with Crippen LogP contribution in [0.25, 0.3) is 0 Å². The second kappa shape index (κ2) is 7.37. The molecule has 0 atom stereocenters. The van der Waals surface area contributed by atoms with Crippen LogP contribution in [-0.4, -0.2) is 33.2 Å². The minimum atomic E-state index is -3.20. The van der Waals surface area contributed by atoms with Crippen molar-refractivity contribution in [3.05, 3.63) is 53.6 Å². The van der Waals surface area contributed by atoms with Gasteiger partial charge < -0.3 is 10.1 Å². The Morgan fingerprint density at radius 1 is 1.12 bits per heavy atom. The van der Waals surface area contributed by atoms with Crippen LogP contribution in [0.3, 0.4) is 0 Å². The number of hydrogen-bond acceptors (Lipinski definition) is 4. The van der Waals surface area contributed by atoms with Crippen molar-refractivity contribution in [2.45, 2.75) is 20.3 Å². The maximum absolute atomic E-state index is 12.1. The number of carbonyl (C=O) groups is 1. The number of sulfonamides is 1. The van der Waals surface area contributed by atoms with E-state index >= 15 is 0 Å². The average Bonchev–Trinajstić information content (AvgIpc) is 2.94. The predicted octanol–water partition coefficient (Wildman–Crippen LogP) is 2.86. The highest BCUT2D eigenvalue weighted by atomic mass is 32.2. The molecule has 6 nitrogen and oxygen atoms in total. The van der Waals surface area contributed by atoms with E-state index in [1.165, 1.54) is 4.31 Å². The topological polar surface area (TPSA) is 75.7 Å². The second-order valence-electron chi connectivity index (χ2n) is 6.35. The molecule has 0 unspecified atom stereocenters. The third kappa shape index (κ3) is 3.99. The number of anilines is 2. The maximum atomic E-state index is 12.1. The molecule has 0 aliphatic carbocycles. The summed E-state index contributed by atoms with van der Waals surface area (Å²) in [6, 6.07) is 12.6. The summed E-state index contributed by atoms with van der Waals surface area (Å²) in [6.07, 6.45) is 0.635. The summed E-state index contributed by atoms with van der Waals surface area (Å²) in [7, 11) is -3.20. The molecule has 0 spiro atoms. The van der Waals surface area contributed by atoms with Crippen LogP contribution in [0.2, 0.25) is 0 Å². The first-order valence-electron chi connectivity index (χ1n) is 8.46. The first kappa shape index (κ1) is 18.3. The lowest BCUT2D eigenvalue weighted by Gasteiger charge is -2.17. The first-order valence-corrected chi connectivity index (χ1v) is 10.1. The highest BCUT2D eigenvalue weighted by Gasteiger charge is 2.28. The zero-order valence-electron chi connectivity index (χ0n) is 14.9. The third-order valence-electron chi connectivity index (χ3n) is 4.29. The van der Waals surface area contributed by atoms with Gasteiger partial charge in [-0.1, -0.05) is 18.2 Å². The SMILES string of the molecule is Cc1cccc(C)c1OCC(=O)Nc1ccc(N2CCCS2(=O)=O)cc1. The molecule has 26 heavy (non-hydrogen) atoms. The molecule has 0 aromatic heterocycles. The highest BCUT2D eigenvalue weighted by molar-refractivity contribution is 7.93. The van der Waals surface area contributed by atoms with Crippen molar-refractivity contribution in [3.8, 4) is 5.75 Å². The van der Waals surface area contributed by atoms with Crippen LogP contribution in [0.1, 0.15) is 17.5 Å². The Morgan fingerprint density at radius 3 is 2.35 bits per heavy atom. The van der Waals surface area contributed by atoms with Crippen LogP contribution in [0.5, 0.6) is 5.75 Å². The largest absolute Gasteiger partial charge is 0.483 e. The van der Waals surface area contributed by atoms with Gasteiger partial charge in [0, 0.05) is 12.2 Å². The van der Waals surface area contributed by atoms with Crippen LogP contribution < -0.4 is 14.4 Å². The number of ether oxygens (including phenoxy) is 1. The molecule has 2 aromatic carbocycles. The normalized spacial score (nSPS) is 15.7. The molecule has 2 aromatic rings. The number of hydrogen-bond donors (Lipinski definition) is 1. The van der Waals surface area contributed by atoms with Crippen molar-refractivity contribution in [1.82, 2.24) is 0 Å². The van der Waals surface area contributed by atoms with Gasteiger partial charge in [0.2, 0.25) is 10.0 Å². The molecule has 1 aliphatic rings. The molecule has 1 saturated heterocycles. The Bertz CT molecular complexity index is 887. The molecule has 1 aliphatic heterocycles. The monoisotopic (exact) mass is 374 g/mol. The molecule has 1 amide bonds. The van der Waals surface area contributed by atoms with E-state index in [4.69, 9.17) is 4.74 Å². The zero-order valence-corrected chi connectivity index (χ0v) is 15.7. The molecule has 0 saturated carbocycles. The molecular formula is C19H22N2O4S. The van der Waals surface area contributed by atoms with Crippen molar-refractivity contribution in [1.29, 1.82) is 0 Å².